The minimum atomic E-state index is -0.432. The van der Waals surface area contributed by atoms with Crippen LogP contribution in [0.4, 0.5) is 4.39 Å². The van der Waals surface area contributed by atoms with Crippen LogP contribution >= 0.6 is 22.9 Å². The molecule has 1 aliphatic rings. The van der Waals surface area contributed by atoms with Crippen molar-refractivity contribution in [2.45, 2.75) is 0 Å². The molecule has 0 amide bonds. The monoisotopic (exact) mass is 403 g/mol. The van der Waals surface area contributed by atoms with Crippen LogP contribution in [-0.4, -0.2) is 31.2 Å². The average Bonchev–Trinajstić information content (AvgIpc) is 3.10. The van der Waals surface area contributed by atoms with Crippen molar-refractivity contribution in [3.8, 4) is 22.8 Å². The summed E-state index contributed by atoms with van der Waals surface area (Å²) in [5.41, 5.74) is 1.93. The molecular formula is C19H15ClFN3O2S. The first-order valence-corrected chi connectivity index (χ1v) is 9.45. The molecule has 0 atom stereocenters. The predicted molar refractivity (Wildman–Crippen MR) is 105 cm³/mol. The molecule has 3 aromatic rings. The molecule has 0 saturated carbocycles. The van der Waals surface area contributed by atoms with Crippen LogP contribution in [0, 0.1) is 5.82 Å². The van der Waals surface area contributed by atoms with E-state index in [1.807, 2.05) is 23.6 Å². The molecule has 2 heterocycles. The Morgan fingerprint density at radius 3 is 2.78 bits per heavy atom. The van der Waals surface area contributed by atoms with Crippen LogP contribution in [0.15, 0.2) is 51.9 Å². The second-order valence-corrected chi connectivity index (χ2v) is 6.92. The van der Waals surface area contributed by atoms with E-state index in [0.29, 0.717) is 34.5 Å². The van der Waals surface area contributed by atoms with Gasteiger partial charge < -0.3 is 9.47 Å². The van der Waals surface area contributed by atoms with Crippen LogP contribution in [0.25, 0.3) is 11.3 Å². The quantitative estimate of drug-likeness (QED) is 0.615. The topological polar surface area (TPSA) is 48.1 Å². The number of hydrogen-bond acceptors (Lipinski definition) is 5. The highest BCUT2D eigenvalue weighted by molar-refractivity contribution is 7.07. The number of nitrogens with zero attached hydrogens (tertiary/aromatic N) is 3. The van der Waals surface area contributed by atoms with E-state index in [2.05, 4.69) is 10.1 Å². The molecule has 4 rings (SSSR count). The van der Waals surface area contributed by atoms with Gasteiger partial charge in [0, 0.05) is 23.6 Å². The standard InChI is InChI=1S/C19H15ClFN3O2S/c1-22-19-24(23-10-13-14(20)3-2-4-15(13)21)16(11-27-19)12-5-6-17-18(9-12)26-8-7-25-17/h2-6,9-11H,7-8H2,1H3. The van der Waals surface area contributed by atoms with Gasteiger partial charge in [0.15, 0.2) is 11.5 Å². The molecule has 0 saturated heterocycles. The molecular weight excluding hydrogens is 389 g/mol. The van der Waals surface area contributed by atoms with Crippen molar-refractivity contribution in [3.63, 3.8) is 0 Å². The Bertz CT molecular complexity index is 1070. The first kappa shape index (κ1) is 17.8. The molecule has 2 aromatic carbocycles. The van der Waals surface area contributed by atoms with Crippen molar-refractivity contribution in [1.29, 1.82) is 0 Å². The smallest absolute Gasteiger partial charge is 0.205 e. The van der Waals surface area contributed by atoms with Crippen molar-refractivity contribution < 1.29 is 13.9 Å². The molecule has 0 spiro atoms. The summed E-state index contributed by atoms with van der Waals surface area (Å²) in [4.78, 5) is 4.92. The van der Waals surface area contributed by atoms with Gasteiger partial charge in [0.05, 0.1) is 16.9 Å². The SMILES string of the molecule is CN=c1scc(-c2ccc3c(c2)OCCO3)n1N=Cc1c(F)cccc1Cl. The summed E-state index contributed by atoms with van der Waals surface area (Å²) < 4.78 is 26.9. The number of hydrogen-bond donors (Lipinski definition) is 0. The minimum absolute atomic E-state index is 0.230. The molecule has 8 heteroatoms. The highest BCUT2D eigenvalue weighted by Crippen LogP contribution is 2.34. The minimum Gasteiger partial charge on any atom is -0.486 e. The molecule has 1 aromatic heterocycles. The molecule has 1 aliphatic heterocycles. The summed E-state index contributed by atoms with van der Waals surface area (Å²) in [5, 5.41) is 6.66. The lowest BCUT2D eigenvalue weighted by molar-refractivity contribution is 0.171. The number of halogens is 2. The Kier molecular flexibility index (Phi) is 4.96. The zero-order chi connectivity index (χ0) is 18.8. The maximum atomic E-state index is 14.0. The van der Waals surface area contributed by atoms with Crippen LogP contribution in [0.1, 0.15) is 5.56 Å². The maximum Gasteiger partial charge on any atom is 0.205 e. The Morgan fingerprint density at radius 1 is 1.19 bits per heavy atom. The van der Waals surface area contributed by atoms with Crippen LogP contribution in [0.3, 0.4) is 0 Å². The molecule has 27 heavy (non-hydrogen) atoms. The summed E-state index contributed by atoms with van der Waals surface area (Å²) in [6.45, 7) is 1.05. The zero-order valence-corrected chi connectivity index (χ0v) is 15.9. The Hall–Kier alpha value is -2.64. The van der Waals surface area contributed by atoms with E-state index in [-0.39, 0.29) is 5.56 Å². The summed E-state index contributed by atoms with van der Waals surface area (Å²) in [5.74, 6) is 0.972. The summed E-state index contributed by atoms with van der Waals surface area (Å²) in [6.07, 6.45) is 1.40. The normalized spacial score (nSPS) is 14.1. The lowest BCUT2D eigenvalue weighted by Gasteiger charge is -2.18. The van der Waals surface area contributed by atoms with Crippen molar-refractivity contribution >= 4 is 29.2 Å². The Labute approximate surface area is 164 Å². The van der Waals surface area contributed by atoms with Gasteiger partial charge in [0.1, 0.15) is 19.0 Å². The van der Waals surface area contributed by atoms with Crippen molar-refractivity contribution in [3.05, 3.63) is 63.0 Å². The van der Waals surface area contributed by atoms with Gasteiger partial charge >= 0.3 is 0 Å². The van der Waals surface area contributed by atoms with Crippen LogP contribution < -0.4 is 14.3 Å². The molecule has 5 nitrogen and oxygen atoms in total. The van der Waals surface area contributed by atoms with E-state index in [4.69, 9.17) is 21.1 Å². The number of rotatable bonds is 3. The maximum absolute atomic E-state index is 14.0. The first-order chi connectivity index (χ1) is 13.2. The molecule has 0 bridgehead atoms. The highest BCUT2D eigenvalue weighted by Gasteiger charge is 2.15. The van der Waals surface area contributed by atoms with E-state index >= 15 is 0 Å². The van der Waals surface area contributed by atoms with Crippen LogP contribution in [0.5, 0.6) is 11.5 Å². The van der Waals surface area contributed by atoms with Crippen molar-refractivity contribution in [2.24, 2.45) is 10.1 Å². The Morgan fingerprint density at radius 2 is 2.00 bits per heavy atom. The van der Waals surface area contributed by atoms with Gasteiger partial charge in [-0.05, 0) is 30.3 Å². The van der Waals surface area contributed by atoms with E-state index in [1.165, 1.54) is 23.6 Å². The fourth-order valence-electron chi connectivity index (χ4n) is 2.71. The molecule has 138 valence electrons. The summed E-state index contributed by atoms with van der Waals surface area (Å²) >= 11 is 7.52. The van der Waals surface area contributed by atoms with E-state index in [0.717, 1.165) is 11.3 Å². The van der Waals surface area contributed by atoms with Crippen molar-refractivity contribution in [2.75, 3.05) is 20.3 Å². The molecule has 0 unspecified atom stereocenters. The van der Waals surface area contributed by atoms with Crippen molar-refractivity contribution in [1.82, 2.24) is 4.68 Å². The number of benzene rings is 2. The van der Waals surface area contributed by atoms with Gasteiger partial charge in [0.25, 0.3) is 0 Å². The third-order valence-corrected chi connectivity index (χ3v) is 5.25. The van der Waals surface area contributed by atoms with Gasteiger partial charge in [-0.2, -0.15) is 5.10 Å². The van der Waals surface area contributed by atoms with Gasteiger partial charge in [-0.1, -0.05) is 17.7 Å². The summed E-state index contributed by atoms with van der Waals surface area (Å²) in [6, 6.07) is 10.2. The van der Waals surface area contributed by atoms with E-state index < -0.39 is 5.82 Å². The largest absolute Gasteiger partial charge is 0.486 e. The second-order valence-electron chi connectivity index (χ2n) is 5.68. The molecule has 0 aliphatic carbocycles. The highest BCUT2D eigenvalue weighted by atomic mass is 35.5. The number of fused-ring (bicyclic) bond motifs is 1. The van der Waals surface area contributed by atoms with Gasteiger partial charge in [-0.15, -0.1) is 11.3 Å². The summed E-state index contributed by atoms with van der Waals surface area (Å²) in [7, 11) is 1.68. The van der Waals surface area contributed by atoms with Gasteiger partial charge in [-0.25, -0.2) is 9.07 Å². The third kappa shape index (κ3) is 3.48. The number of thiazole rings is 1. The molecule has 0 N–H and O–H groups in total. The first-order valence-electron chi connectivity index (χ1n) is 8.19. The van der Waals surface area contributed by atoms with Crippen LogP contribution in [0.2, 0.25) is 5.02 Å². The molecule has 0 radical (unpaired) electrons. The average molecular weight is 404 g/mol. The second kappa shape index (κ2) is 7.54. The zero-order valence-electron chi connectivity index (χ0n) is 14.4. The lowest BCUT2D eigenvalue weighted by atomic mass is 10.1. The third-order valence-electron chi connectivity index (χ3n) is 4.02. The fourth-order valence-corrected chi connectivity index (χ4v) is 3.73. The van der Waals surface area contributed by atoms with Gasteiger partial charge in [0.2, 0.25) is 4.80 Å². The van der Waals surface area contributed by atoms with Gasteiger partial charge in [-0.3, -0.25) is 4.99 Å². The number of ether oxygens (including phenoxy) is 2. The fraction of sp³-hybridized carbons (Fsp3) is 0.158. The lowest BCUT2D eigenvalue weighted by Crippen LogP contribution is -2.15. The van der Waals surface area contributed by atoms with Crippen LogP contribution in [-0.2, 0) is 0 Å². The Balaban J connectivity index is 1.78. The van der Waals surface area contributed by atoms with E-state index in [1.54, 1.807) is 23.9 Å². The number of aromatic nitrogens is 1. The molecule has 0 fully saturated rings. The van der Waals surface area contributed by atoms with E-state index in [9.17, 15) is 4.39 Å². The predicted octanol–water partition coefficient (Wildman–Crippen LogP) is 4.19.